The number of esters is 1. The molecule has 0 bridgehead atoms. The molecule has 0 saturated heterocycles. The summed E-state index contributed by atoms with van der Waals surface area (Å²) in [6.45, 7) is 5.90. The number of hydrogen-bond donors (Lipinski definition) is 2. The van der Waals surface area contributed by atoms with Gasteiger partial charge in [-0.3, -0.25) is 9.59 Å². The van der Waals surface area contributed by atoms with Gasteiger partial charge in [-0.15, -0.1) is 11.3 Å². The van der Waals surface area contributed by atoms with E-state index in [0.29, 0.717) is 33.5 Å². The van der Waals surface area contributed by atoms with Gasteiger partial charge in [0.25, 0.3) is 11.8 Å². The number of benzene rings is 2. The van der Waals surface area contributed by atoms with Gasteiger partial charge in [0.05, 0.1) is 12.2 Å². The van der Waals surface area contributed by atoms with Crippen molar-refractivity contribution in [2.75, 3.05) is 17.2 Å². The highest BCUT2D eigenvalue weighted by Gasteiger charge is 2.29. The van der Waals surface area contributed by atoms with Crippen LogP contribution in [0.2, 0.25) is 0 Å². The number of anilines is 2. The van der Waals surface area contributed by atoms with Crippen LogP contribution >= 0.6 is 11.3 Å². The van der Waals surface area contributed by atoms with Crippen LogP contribution in [0.1, 0.15) is 58.3 Å². The van der Waals surface area contributed by atoms with Gasteiger partial charge < -0.3 is 20.1 Å². The fourth-order valence-corrected chi connectivity index (χ4v) is 5.54. The summed E-state index contributed by atoms with van der Waals surface area (Å²) in [5, 5.41) is 6.25. The zero-order valence-electron chi connectivity index (χ0n) is 20.6. The largest absolute Gasteiger partial charge is 0.481 e. The molecular weight excluding hydrogens is 476 g/mol. The van der Waals surface area contributed by atoms with E-state index in [4.69, 9.17) is 9.47 Å². The molecule has 0 saturated carbocycles. The smallest absolute Gasteiger partial charge is 0.341 e. The van der Waals surface area contributed by atoms with E-state index >= 15 is 0 Å². The zero-order valence-corrected chi connectivity index (χ0v) is 21.4. The molecule has 8 heteroatoms. The number of carbonyl (C=O) groups is 3. The first-order valence-corrected chi connectivity index (χ1v) is 12.9. The second-order valence-corrected chi connectivity index (χ2v) is 9.98. The highest BCUT2D eigenvalue weighted by Crippen LogP contribution is 2.40. The minimum Gasteiger partial charge on any atom is -0.481 e. The Hall–Kier alpha value is -3.65. The van der Waals surface area contributed by atoms with Crippen LogP contribution in [0.25, 0.3) is 0 Å². The van der Waals surface area contributed by atoms with Crippen LogP contribution < -0.4 is 15.4 Å². The molecule has 1 aromatic heterocycles. The summed E-state index contributed by atoms with van der Waals surface area (Å²) in [4.78, 5) is 39.2. The van der Waals surface area contributed by atoms with Crippen LogP contribution in [0.5, 0.6) is 5.75 Å². The molecule has 0 unspecified atom stereocenters. The fraction of sp³-hybridized carbons (Fsp3) is 0.321. The van der Waals surface area contributed by atoms with Gasteiger partial charge in [0.2, 0.25) is 0 Å². The standard InChI is InChI=1S/C28H30N2O5S/c1-4-34-28(33)24-22-15-10-17(2)16-23(22)36-27(24)30-26(32)19-11-13-21(14-12-19)35-18(3)25(31)29-20-8-6-5-7-9-20/h5-9,11-14,17-18H,4,10,15-16H2,1-3H3,(H,29,31)(H,30,32)/t17-,18-/m1/s1. The SMILES string of the molecule is CCOC(=O)c1c(NC(=O)c2ccc(O[C@H](C)C(=O)Nc3ccccc3)cc2)sc2c1CC[C@@H](C)C2. The highest BCUT2D eigenvalue weighted by atomic mass is 32.1. The Kier molecular flexibility index (Phi) is 8.05. The predicted octanol–water partition coefficient (Wildman–Crippen LogP) is 5.71. The van der Waals surface area contributed by atoms with Crippen molar-refractivity contribution in [3.05, 3.63) is 76.2 Å². The molecule has 4 rings (SSSR count). The number of carbonyl (C=O) groups excluding carboxylic acids is 3. The number of rotatable bonds is 8. The summed E-state index contributed by atoms with van der Waals surface area (Å²) in [5.74, 6) is 0.0139. The van der Waals surface area contributed by atoms with Crippen molar-refractivity contribution < 1.29 is 23.9 Å². The number of thiophene rings is 1. The van der Waals surface area contributed by atoms with E-state index in [1.54, 1.807) is 50.2 Å². The Morgan fingerprint density at radius 3 is 2.47 bits per heavy atom. The summed E-state index contributed by atoms with van der Waals surface area (Å²) in [6.07, 6.45) is 1.98. The molecule has 1 heterocycles. The third-order valence-electron chi connectivity index (χ3n) is 6.06. The zero-order chi connectivity index (χ0) is 25.7. The third-order valence-corrected chi connectivity index (χ3v) is 7.23. The van der Waals surface area contributed by atoms with Crippen LogP contribution in [-0.2, 0) is 22.4 Å². The first kappa shape index (κ1) is 25.4. The van der Waals surface area contributed by atoms with E-state index in [1.165, 1.54) is 11.3 Å². The van der Waals surface area contributed by atoms with Gasteiger partial charge in [-0.05, 0) is 81.0 Å². The lowest BCUT2D eigenvalue weighted by atomic mass is 9.88. The molecule has 0 radical (unpaired) electrons. The number of para-hydroxylation sites is 1. The summed E-state index contributed by atoms with van der Waals surface area (Å²) in [5.41, 5.74) is 2.59. The summed E-state index contributed by atoms with van der Waals surface area (Å²) >= 11 is 1.46. The Morgan fingerprint density at radius 1 is 1.06 bits per heavy atom. The number of hydrogen-bond acceptors (Lipinski definition) is 6. The van der Waals surface area contributed by atoms with E-state index in [0.717, 1.165) is 29.7 Å². The van der Waals surface area contributed by atoms with Crippen LogP contribution in [-0.4, -0.2) is 30.5 Å². The minimum absolute atomic E-state index is 0.273. The van der Waals surface area contributed by atoms with Crippen LogP contribution in [0.15, 0.2) is 54.6 Å². The van der Waals surface area contributed by atoms with E-state index < -0.39 is 12.1 Å². The molecular formula is C28H30N2O5S. The number of fused-ring (bicyclic) bond motifs is 1. The Balaban J connectivity index is 1.43. The van der Waals surface area contributed by atoms with Gasteiger partial charge in [0, 0.05) is 16.1 Å². The lowest BCUT2D eigenvalue weighted by molar-refractivity contribution is -0.122. The van der Waals surface area contributed by atoms with E-state index in [9.17, 15) is 14.4 Å². The normalized spacial score (nSPS) is 15.4. The number of amides is 2. The maximum absolute atomic E-state index is 13.0. The average molecular weight is 507 g/mol. The summed E-state index contributed by atoms with van der Waals surface area (Å²) in [7, 11) is 0. The van der Waals surface area contributed by atoms with Gasteiger partial charge in [-0.1, -0.05) is 25.1 Å². The first-order chi connectivity index (χ1) is 17.4. The van der Waals surface area contributed by atoms with Gasteiger partial charge >= 0.3 is 5.97 Å². The van der Waals surface area contributed by atoms with Gasteiger partial charge in [-0.25, -0.2) is 4.79 Å². The van der Waals surface area contributed by atoms with Crippen molar-refractivity contribution in [2.24, 2.45) is 5.92 Å². The van der Waals surface area contributed by atoms with E-state index in [-0.39, 0.29) is 18.4 Å². The molecule has 2 N–H and O–H groups in total. The van der Waals surface area contributed by atoms with Crippen molar-refractivity contribution in [2.45, 2.75) is 46.1 Å². The number of nitrogens with one attached hydrogen (secondary N) is 2. The molecule has 0 spiro atoms. The van der Waals surface area contributed by atoms with Crippen molar-refractivity contribution in [3.8, 4) is 5.75 Å². The average Bonchev–Trinajstić information content (AvgIpc) is 3.22. The molecule has 0 aliphatic heterocycles. The second-order valence-electron chi connectivity index (χ2n) is 8.87. The van der Waals surface area contributed by atoms with E-state index in [1.807, 2.05) is 18.2 Å². The quantitative estimate of drug-likeness (QED) is 0.382. The van der Waals surface area contributed by atoms with E-state index in [2.05, 4.69) is 17.6 Å². The Labute approximate surface area is 214 Å². The van der Waals surface area contributed by atoms with Crippen LogP contribution in [0.3, 0.4) is 0 Å². The fourth-order valence-electron chi connectivity index (χ4n) is 4.14. The molecule has 7 nitrogen and oxygen atoms in total. The maximum atomic E-state index is 13.0. The molecule has 2 atom stereocenters. The van der Waals surface area contributed by atoms with Crippen LogP contribution in [0.4, 0.5) is 10.7 Å². The highest BCUT2D eigenvalue weighted by molar-refractivity contribution is 7.17. The Bertz CT molecular complexity index is 1240. The summed E-state index contributed by atoms with van der Waals surface area (Å²) < 4.78 is 11.0. The molecule has 188 valence electrons. The molecule has 36 heavy (non-hydrogen) atoms. The second kappa shape index (κ2) is 11.4. The van der Waals surface area contributed by atoms with Gasteiger partial charge in [-0.2, -0.15) is 0 Å². The molecule has 1 aliphatic carbocycles. The lowest BCUT2D eigenvalue weighted by Crippen LogP contribution is -2.30. The van der Waals surface area contributed by atoms with Crippen molar-refractivity contribution >= 4 is 39.8 Å². The molecule has 2 amide bonds. The van der Waals surface area contributed by atoms with Crippen molar-refractivity contribution in [3.63, 3.8) is 0 Å². The molecule has 2 aromatic carbocycles. The van der Waals surface area contributed by atoms with Crippen molar-refractivity contribution in [1.29, 1.82) is 0 Å². The topological polar surface area (TPSA) is 93.7 Å². The third kappa shape index (κ3) is 5.94. The Morgan fingerprint density at radius 2 is 1.78 bits per heavy atom. The van der Waals surface area contributed by atoms with Gasteiger partial charge in [0.15, 0.2) is 6.10 Å². The van der Waals surface area contributed by atoms with Gasteiger partial charge in [0.1, 0.15) is 10.8 Å². The molecule has 3 aromatic rings. The summed E-state index contributed by atoms with van der Waals surface area (Å²) in [6, 6.07) is 15.7. The number of ether oxygens (including phenoxy) is 2. The molecule has 1 aliphatic rings. The molecule has 0 fully saturated rings. The van der Waals surface area contributed by atoms with Crippen LogP contribution in [0, 0.1) is 5.92 Å². The lowest BCUT2D eigenvalue weighted by Gasteiger charge is -2.18. The predicted molar refractivity (Wildman–Crippen MR) is 141 cm³/mol. The monoisotopic (exact) mass is 506 g/mol. The van der Waals surface area contributed by atoms with Crippen molar-refractivity contribution in [1.82, 2.24) is 0 Å². The maximum Gasteiger partial charge on any atom is 0.341 e. The minimum atomic E-state index is -0.725. The first-order valence-electron chi connectivity index (χ1n) is 12.1.